The van der Waals surface area contributed by atoms with Gasteiger partial charge >= 0.3 is 0 Å². The van der Waals surface area contributed by atoms with E-state index in [1.165, 1.54) is 12.8 Å². The summed E-state index contributed by atoms with van der Waals surface area (Å²) in [4.78, 5) is 0. The molecule has 1 radical (unpaired) electrons. The monoisotopic (exact) mass is 111 g/mol. The average molecular weight is 111 g/mol. The maximum absolute atomic E-state index is 5.23. The van der Waals surface area contributed by atoms with Crippen LogP contribution in [0.1, 0.15) is 33.1 Å². The Kier molecular flexibility index (Phi) is 4.73. The van der Waals surface area contributed by atoms with E-state index in [1.807, 2.05) is 0 Å². The Morgan fingerprint density at radius 1 is 1.62 bits per heavy atom. The van der Waals surface area contributed by atoms with Crippen molar-refractivity contribution >= 4 is 0 Å². The first-order valence-electron chi connectivity index (χ1n) is 3.34. The smallest absolute Gasteiger partial charge is 0.0322 e. The third-order valence-corrected chi connectivity index (χ3v) is 1.32. The van der Waals surface area contributed by atoms with E-state index in [9.17, 15) is 0 Å². The summed E-state index contributed by atoms with van der Waals surface area (Å²) in [7, 11) is 0. The molecule has 0 aliphatic rings. The van der Waals surface area contributed by atoms with Gasteiger partial charge in [0.05, 0.1) is 0 Å². The first-order chi connectivity index (χ1) is 3.81. The van der Waals surface area contributed by atoms with Crippen molar-refractivity contribution in [3.8, 4) is 0 Å². The highest BCUT2D eigenvalue weighted by molar-refractivity contribution is 4.66. The number of hydrogen-bond acceptors (Lipinski definition) is 0. The summed E-state index contributed by atoms with van der Waals surface area (Å²) in [5, 5.41) is 0. The van der Waals surface area contributed by atoms with E-state index in [4.69, 9.17) is 6.58 Å². The number of rotatable bonds is 4. The minimum absolute atomic E-state index is 0.782. The fourth-order valence-electron chi connectivity index (χ4n) is 0.843. The summed E-state index contributed by atoms with van der Waals surface area (Å²) in [6.45, 7) is 9.67. The first kappa shape index (κ1) is 7.74. The van der Waals surface area contributed by atoms with Crippen molar-refractivity contribution in [2.75, 3.05) is 0 Å². The largest absolute Gasteiger partial charge is 0.0843 e. The molecule has 47 valence electrons. The van der Waals surface area contributed by atoms with E-state index < -0.39 is 0 Å². The van der Waals surface area contributed by atoms with E-state index in [-0.39, 0.29) is 0 Å². The molecule has 0 bridgehead atoms. The molecule has 0 spiro atoms. The van der Waals surface area contributed by atoms with Crippen molar-refractivity contribution in [1.29, 1.82) is 0 Å². The molecule has 0 nitrogen and oxygen atoms in total. The van der Waals surface area contributed by atoms with Gasteiger partial charge in [-0.2, -0.15) is 0 Å². The molecule has 0 heterocycles. The molecule has 8 heavy (non-hydrogen) atoms. The number of hydrogen-bond donors (Lipinski definition) is 0. The van der Waals surface area contributed by atoms with Crippen molar-refractivity contribution in [1.82, 2.24) is 0 Å². The van der Waals surface area contributed by atoms with Gasteiger partial charge in [0.1, 0.15) is 0 Å². The zero-order chi connectivity index (χ0) is 6.41. The van der Waals surface area contributed by atoms with Gasteiger partial charge in [0.25, 0.3) is 0 Å². The number of allylic oxidation sites excluding steroid dienone is 1. The lowest BCUT2D eigenvalue weighted by molar-refractivity contribution is 0.532. The van der Waals surface area contributed by atoms with Crippen LogP contribution in [0.25, 0.3) is 0 Å². The Labute approximate surface area is 52.6 Å². The highest BCUT2D eigenvalue weighted by Crippen LogP contribution is 2.08. The molecule has 0 aromatic heterocycles. The summed E-state index contributed by atoms with van der Waals surface area (Å²) in [5.74, 6) is 0.782. The minimum Gasteiger partial charge on any atom is -0.0843 e. The molecule has 0 saturated carbocycles. The van der Waals surface area contributed by atoms with Crippen molar-refractivity contribution in [2.24, 2.45) is 5.92 Å². The van der Waals surface area contributed by atoms with E-state index in [2.05, 4.69) is 13.8 Å². The SMILES string of the molecule is [CH]=CCC(C)CCC. The van der Waals surface area contributed by atoms with Crippen LogP contribution in [0.5, 0.6) is 0 Å². The van der Waals surface area contributed by atoms with E-state index >= 15 is 0 Å². The third-order valence-electron chi connectivity index (χ3n) is 1.32. The predicted octanol–water partition coefficient (Wildman–Crippen LogP) is 2.80. The summed E-state index contributed by atoms with van der Waals surface area (Å²) in [6.07, 6.45) is 5.39. The molecule has 0 N–H and O–H groups in total. The molecule has 1 unspecified atom stereocenters. The van der Waals surface area contributed by atoms with Crippen LogP contribution in [-0.4, -0.2) is 0 Å². The zero-order valence-corrected chi connectivity index (χ0v) is 5.85. The fourth-order valence-corrected chi connectivity index (χ4v) is 0.843. The summed E-state index contributed by atoms with van der Waals surface area (Å²) < 4.78 is 0. The van der Waals surface area contributed by atoms with Crippen LogP contribution in [0.15, 0.2) is 6.08 Å². The molecule has 0 heteroatoms. The maximum atomic E-state index is 5.23. The summed E-state index contributed by atoms with van der Waals surface area (Å²) in [6, 6.07) is 0. The normalized spacial score (nSPS) is 13.2. The van der Waals surface area contributed by atoms with E-state index in [0.717, 1.165) is 12.3 Å². The van der Waals surface area contributed by atoms with Gasteiger partial charge in [0.15, 0.2) is 0 Å². The van der Waals surface area contributed by atoms with Crippen LogP contribution in [0, 0.1) is 12.5 Å². The maximum Gasteiger partial charge on any atom is -0.0322 e. The van der Waals surface area contributed by atoms with Gasteiger partial charge in [-0.05, 0) is 12.3 Å². The van der Waals surface area contributed by atoms with Gasteiger partial charge in [-0.25, -0.2) is 0 Å². The Hall–Kier alpha value is -0.260. The molecule has 0 aliphatic carbocycles. The Balaban J connectivity index is 3.03. The van der Waals surface area contributed by atoms with Gasteiger partial charge in [-0.3, -0.25) is 0 Å². The van der Waals surface area contributed by atoms with Gasteiger partial charge in [-0.1, -0.05) is 39.3 Å². The molecule has 0 aromatic carbocycles. The zero-order valence-electron chi connectivity index (χ0n) is 5.85. The Morgan fingerprint density at radius 2 is 2.25 bits per heavy atom. The van der Waals surface area contributed by atoms with Crippen molar-refractivity contribution in [3.05, 3.63) is 12.7 Å². The molecule has 0 aromatic rings. The second-order valence-electron chi connectivity index (χ2n) is 2.37. The molecule has 0 saturated heterocycles. The van der Waals surface area contributed by atoms with E-state index in [0.29, 0.717) is 0 Å². The minimum atomic E-state index is 0.782. The van der Waals surface area contributed by atoms with Gasteiger partial charge in [-0.15, -0.1) is 0 Å². The molecule has 0 amide bonds. The van der Waals surface area contributed by atoms with Crippen LogP contribution in [0.3, 0.4) is 0 Å². The quantitative estimate of drug-likeness (QED) is 0.523. The average Bonchev–Trinajstić information content (AvgIpc) is 1.68. The second-order valence-corrected chi connectivity index (χ2v) is 2.37. The fraction of sp³-hybridized carbons (Fsp3) is 0.750. The Morgan fingerprint density at radius 3 is 2.62 bits per heavy atom. The van der Waals surface area contributed by atoms with Gasteiger partial charge in [0.2, 0.25) is 0 Å². The molecular weight excluding hydrogens is 96.1 g/mol. The highest BCUT2D eigenvalue weighted by Gasteiger charge is 1.94. The molecule has 0 fully saturated rings. The summed E-state index contributed by atoms with van der Waals surface area (Å²) >= 11 is 0. The highest BCUT2D eigenvalue weighted by atomic mass is 14.0. The lowest BCUT2D eigenvalue weighted by Gasteiger charge is -2.03. The van der Waals surface area contributed by atoms with Crippen LogP contribution < -0.4 is 0 Å². The third kappa shape index (κ3) is 3.91. The van der Waals surface area contributed by atoms with Gasteiger partial charge in [0, 0.05) is 0 Å². The van der Waals surface area contributed by atoms with Crippen LogP contribution >= 0.6 is 0 Å². The van der Waals surface area contributed by atoms with Gasteiger partial charge < -0.3 is 0 Å². The molecule has 1 atom stereocenters. The molecule has 0 aliphatic heterocycles. The first-order valence-corrected chi connectivity index (χ1v) is 3.34. The Bertz CT molecular complexity index is 55.1. The topological polar surface area (TPSA) is 0 Å². The molecule has 0 rings (SSSR count). The van der Waals surface area contributed by atoms with Crippen molar-refractivity contribution in [2.45, 2.75) is 33.1 Å². The van der Waals surface area contributed by atoms with Crippen LogP contribution in [0.2, 0.25) is 0 Å². The van der Waals surface area contributed by atoms with E-state index in [1.54, 1.807) is 6.08 Å². The molecular formula is C8H15. The summed E-state index contributed by atoms with van der Waals surface area (Å²) in [5.41, 5.74) is 0. The lowest BCUT2D eigenvalue weighted by atomic mass is 10.0. The predicted molar refractivity (Wildman–Crippen MR) is 37.6 cm³/mol. The second kappa shape index (κ2) is 4.89. The lowest BCUT2D eigenvalue weighted by Crippen LogP contribution is -1.89. The van der Waals surface area contributed by atoms with Crippen molar-refractivity contribution < 1.29 is 0 Å². The van der Waals surface area contributed by atoms with Crippen molar-refractivity contribution in [3.63, 3.8) is 0 Å². The van der Waals surface area contributed by atoms with Crippen LogP contribution in [0.4, 0.5) is 0 Å². The van der Waals surface area contributed by atoms with Crippen LogP contribution in [-0.2, 0) is 0 Å². The standard InChI is InChI=1S/C8H15/c1-4-6-8(3)7-5-2/h1,4,8H,5-7H2,2-3H3.